The van der Waals surface area contributed by atoms with Crippen molar-refractivity contribution in [1.29, 1.82) is 0 Å². The van der Waals surface area contributed by atoms with Crippen molar-refractivity contribution in [1.82, 2.24) is 0 Å². The van der Waals surface area contributed by atoms with E-state index in [1.807, 2.05) is 0 Å². The Morgan fingerprint density at radius 2 is 0.156 bits per heavy atom. The fourth-order valence-corrected chi connectivity index (χ4v) is 21.0. The molecule has 776 valence electrons. The minimum Gasteiger partial charge on any atom is -0.822 e. The van der Waals surface area contributed by atoms with Crippen molar-refractivity contribution in [2.24, 2.45) is 0 Å². The van der Waals surface area contributed by atoms with E-state index in [1.165, 1.54) is 708 Å². The Morgan fingerprint density at radius 1 is 0.109 bits per heavy atom. The Morgan fingerprint density at radius 3 is 0.211 bits per heavy atom. The molecular formula is C120H252N3O4P. The van der Waals surface area contributed by atoms with Gasteiger partial charge in [-0.3, -0.25) is 0 Å². The van der Waals surface area contributed by atoms with Gasteiger partial charge in [-0.15, -0.1) is 0 Å². The molecule has 0 unspecified atom stereocenters. The fraction of sp³-hybridized carbons (Fsp3) is 1.00. The summed E-state index contributed by atoms with van der Waals surface area (Å²) in [7, 11) is -5.39. The van der Waals surface area contributed by atoms with Gasteiger partial charge in [0.2, 0.25) is 0 Å². The molecule has 8 heteroatoms. The largest absolute Gasteiger partial charge is 0.822 e. The Labute approximate surface area is 813 Å². The zero-order valence-electron chi connectivity index (χ0n) is 91.8. The summed E-state index contributed by atoms with van der Waals surface area (Å²) in [5.41, 5.74) is 0. The highest BCUT2D eigenvalue weighted by Gasteiger charge is 2.29. The summed E-state index contributed by atoms with van der Waals surface area (Å²) in [5, 5.41) is 0. The first-order valence-electron chi connectivity index (χ1n) is 61.0. The third-order valence-electron chi connectivity index (χ3n) is 29.8. The van der Waals surface area contributed by atoms with E-state index in [2.05, 4.69) is 83.1 Å². The van der Waals surface area contributed by atoms with Gasteiger partial charge in [0.1, 0.15) is 0 Å². The van der Waals surface area contributed by atoms with E-state index < -0.39 is 7.82 Å². The number of hydrogen-bond acceptors (Lipinski definition) is 4. The molecule has 0 spiro atoms. The summed E-state index contributed by atoms with van der Waals surface area (Å²) in [6, 6.07) is 0. The van der Waals surface area contributed by atoms with Crippen LogP contribution in [0.25, 0.3) is 0 Å². The van der Waals surface area contributed by atoms with Crippen LogP contribution < -0.4 is 14.7 Å². The van der Waals surface area contributed by atoms with Crippen LogP contribution in [0.3, 0.4) is 0 Å². The highest BCUT2D eigenvalue weighted by molar-refractivity contribution is 7.40. The maximum Gasteiger partial charge on any atom is 0.0786 e. The second-order valence-electron chi connectivity index (χ2n) is 42.9. The molecule has 0 saturated heterocycles. The zero-order valence-corrected chi connectivity index (χ0v) is 92.7. The lowest BCUT2D eigenvalue weighted by molar-refractivity contribution is -0.929. The van der Waals surface area contributed by atoms with Crippen LogP contribution in [0.15, 0.2) is 0 Å². The molecule has 0 rings (SSSR count). The Hall–Kier alpha value is -0.0100. The van der Waals surface area contributed by atoms with E-state index in [1.54, 1.807) is 0 Å². The molecule has 0 atom stereocenters. The van der Waals surface area contributed by atoms with E-state index in [9.17, 15) is 0 Å². The van der Waals surface area contributed by atoms with Crippen LogP contribution in [0.2, 0.25) is 0 Å². The molecule has 0 aliphatic rings. The summed E-state index contributed by atoms with van der Waals surface area (Å²) in [5.74, 6) is 0. The molecule has 0 aromatic rings. The summed E-state index contributed by atoms with van der Waals surface area (Å²) < 4.78 is 13.0. The summed E-state index contributed by atoms with van der Waals surface area (Å²) >= 11 is 0. The van der Waals surface area contributed by atoms with Crippen LogP contribution >= 0.6 is 7.82 Å². The number of phosphoric acid groups is 1. The van der Waals surface area contributed by atoms with Crippen molar-refractivity contribution in [3.05, 3.63) is 0 Å². The van der Waals surface area contributed by atoms with Crippen molar-refractivity contribution in [3.8, 4) is 0 Å². The summed E-state index contributed by atoms with van der Waals surface area (Å²) in [6.45, 7) is 45.8. The van der Waals surface area contributed by atoms with Crippen molar-refractivity contribution >= 4 is 7.82 Å². The van der Waals surface area contributed by atoms with Gasteiger partial charge in [-0.25, -0.2) is 0 Å². The van der Waals surface area contributed by atoms with Gasteiger partial charge in [0.05, 0.1) is 78.5 Å². The highest BCUT2D eigenvalue weighted by atomic mass is 31.2. The van der Waals surface area contributed by atoms with Gasteiger partial charge < -0.3 is 32.7 Å². The van der Waals surface area contributed by atoms with Crippen LogP contribution in [0.4, 0.5) is 0 Å². The minimum absolute atomic E-state index is 1.37. The van der Waals surface area contributed by atoms with Crippen molar-refractivity contribution in [3.63, 3.8) is 0 Å². The van der Waals surface area contributed by atoms with E-state index in [0.717, 1.165) is 0 Å². The average molecular weight is 1830 g/mol. The van der Waals surface area contributed by atoms with Crippen LogP contribution in [-0.2, 0) is 4.57 Å². The van der Waals surface area contributed by atoms with E-state index >= 15 is 0 Å². The molecule has 0 heterocycles. The van der Waals surface area contributed by atoms with Crippen molar-refractivity contribution in [2.45, 2.75) is 699 Å². The molecule has 0 amide bonds. The second kappa shape index (κ2) is 116. The third-order valence-corrected chi connectivity index (χ3v) is 29.8. The Bertz CT molecular complexity index is 1500. The highest BCUT2D eigenvalue weighted by Crippen LogP contribution is 2.28. The predicted molar refractivity (Wildman–Crippen MR) is 578 cm³/mol. The lowest BCUT2D eigenvalue weighted by Gasteiger charge is -2.40. The molecule has 0 fully saturated rings. The number of nitrogens with zero attached hydrogens (tertiary/aromatic N) is 3. The van der Waals surface area contributed by atoms with Gasteiger partial charge in [-0.2, -0.15) is 7.82 Å². The third kappa shape index (κ3) is 113. The molecule has 0 aliphatic carbocycles. The Kier molecular flexibility index (Phi) is 121. The smallest absolute Gasteiger partial charge is 0.0786 e. The normalized spacial score (nSPS) is 12.0. The molecule has 0 aliphatic heterocycles. The van der Waals surface area contributed by atoms with E-state index in [-0.39, 0.29) is 0 Å². The molecule has 128 heavy (non-hydrogen) atoms. The molecule has 0 aromatic heterocycles. The first kappa shape index (κ1) is 134. The van der Waals surface area contributed by atoms with E-state index in [0.29, 0.717) is 0 Å². The fourth-order valence-electron chi connectivity index (χ4n) is 21.0. The van der Waals surface area contributed by atoms with Gasteiger partial charge >= 0.3 is 0 Å². The number of quaternary nitrogens is 3. The van der Waals surface area contributed by atoms with Gasteiger partial charge in [0.25, 0.3) is 0 Å². The standard InChI is InChI=1S/3C40H84N.H3O4P/c3*1-5-9-13-17-21-25-29-33-37-41(38-34-30-26-22-18-14-10-6-2,39-35-31-27-23-19-15-11-7-3)40-36-32-28-24-20-16-12-8-4;1-5(2,3)4/h3*5-40H2,1-4H3;(H3,1,2,3,4)/q3*+1;/p-3. The van der Waals surface area contributed by atoms with Crippen molar-refractivity contribution < 1.29 is 32.7 Å². The zero-order chi connectivity index (χ0) is 94.4. The number of rotatable bonds is 108. The first-order chi connectivity index (χ1) is 62.7. The van der Waals surface area contributed by atoms with Crippen LogP contribution in [0.1, 0.15) is 699 Å². The van der Waals surface area contributed by atoms with Crippen molar-refractivity contribution in [2.75, 3.05) is 78.5 Å². The average Bonchev–Trinajstić information content (AvgIpc) is 0.881. The predicted octanol–water partition coefficient (Wildman–Crippen LogP) is 40.3. The topological polar surface area (TPSA) is 86.2 Å². The van der Waals surface area contributed by atoms with Gasteiger partial charge in [-0.1, -0.05) is 545 Å². The number of hydrogen-bond donors (Lipinski definition) is 0. The molecular weight excluding hydrogens is 1580 g/mol. The lowest BCUT2D eigenvalue weighted by atomic mass is 10.0. The summed E-state index contributed by atoms with van der Waals surface area (Å²) in [6.07, 6.45) is 140. The maximum atomic E-state index is 8.55. The monoisotopic (exact) mass is 1830 g/mol. The molecule has 0 radical (unpaired) electrons. The van der Waals surface area contributed by atoms with Crippen LogP contribution in [0.5, 0.6) is 0 Å². The van der Waals surface area contributed by atoms with E-state index in [4.69, 9.17) is 19.2 Å². The van der Waals surface area contributed by atoms with Gasteiger partial charge in [-0.05, 0) is 154 Å². The molecule has 0 bridgehead atoms. The first-order valence-corrected chi connectivity index (χ1v) is 62.5. The molecule has 7 nitrogen and oxygen atoms in total. The van der Waals surface area contributed by atoms with Gasteiger partial charge in [0.15, 0.2) is 0 Å². The van der Waals surface area contributed by atoms with Gasteiger partial charge in [0, 0.05) is 0 Å². The molecule has 0 N–H and O–H groups in total. The van der Waals surface area contributed by atoms with Crippen LogP contribution in [-0.4, -0.2) is 92.0 Å². The second-order valence-corrected chi connectivity index (χ2v) is 43.7. The molecule has 0 aromatic carbocycles. The minimum atomic E-state index is -5.39. The number of unbranched alkanes of at least 4 members (excludes halogenated alkanes) is 84. The van der Waals surface area contributed by atoms with Crippen LogP contribution in [0, 0.1) is 0 Å². The Balaban J connectivity index is -0.000000875. The maximum absolute atomic E-state index is 8.55. The molecule has 0 saturated carbocycles. The lowest BCUT2D eigenvalue weighted by Crippen LogP contribution is -2.50. The summed E-state index contributed by atoms with van der Waals surface area (Å²) in [4.78, 5) is 25.6. The SMILES string of the molecule is CCCCCCCCCC[N+](CCCCCCCCCC)(CCCCCCCCCC)CCCCCCCCCC.CCCCCCCCCC[N+](CCCCCCCCCC)(CCCCCCCCCC)CCCCCCCCCC.CCCCCCCCCC[N+](CCCCCCCCCC)(CCCCCCCCCC)CCCCCCCCCC.O=P([O-])([O-])[O-]. The quantitative estimate of drug-likeness (QED) is 0.0345.